The molecule has 0 bridgehead atoms. The number of alkyl halides is 3. The molecule has 2 aromatic heterocycles. The highest BCUT2D eigenvalue weighted by Crippen LogP contribution is 2.32. The van der Waals surface area contributed by atoms with Crippen molar-refractivity contribution >= 4 is 61.6 Å². The second-order valence-corrected chi connectivity index (χ2v) is 9.16. The normalized spacial score (nSPS) is 11.5. The van der Waals surface area contributed by atoms with Crippen LogP contribution in [0.5, 0.6) is 0 Å². The van der Waals surface area contributed by atoms with E-state index in [0.717, 1.165) is 40.3 Å². The lowest BCUT2D eigenvalue weighted by Crippen LogP contribution is -2.25. The Morgan fingerprint density at radius 1 is 1.14 bits per heavy atom. The van der Waals surface area contributed by atoms with Gasteiger partial charge in [0, 0.05) is 14.3 Å². The molecular formula is C23H15F3IN3O4S. The monoisotopic (exact) mass is 613 g/mol. The molecule has 0 spiro atoms. The first-order valence-corrected chi connectivity index (χ1v) is 12.0. The topological polar surface area (TPSA) is 90.3 Å². The molecule has 4 rings (SSSR count). The number of nitrogens with zero attached hydrogens (tertiary/aromatic N) is 2. The molecule has 0 fully saturated rings. The van der Waals surface area contributed by atoms with E-state index in [4.69, 9.17) is 4.74 Å². The van der Waals surface area contributed by atoms with Crippen LogP contribution in [0.3, 0.4) is 0 Å². The van der Waals surface area contributed by atoms with Gasteiger partial charge in [-0.15, -0.1) is 11.3 Å². The summed E-state index contributed by atoms with van der Waals surface area (Å²) >= 11 is 3.03. The number of benzene rings is 2. The maximum absolute atomic E-state index is 13.4. The Labute approximate surface area is 213 Å². The molecule has 0 unspecified atom stereocenters. The summed E-state index contributed by atoms with van der Waals surface area (Å²) in [6.07, 6.45) is -4.56. The molecule has 4 aromatic rings. The minimum absolute atomic E-state index is 0.00718. The molecular weight excluding hydrogens is 598 g/mol. The van der Waals surface area contributed by atoms with E-state index in [0.29, 0.717) is 9.13 Å². The molecule has 7 nitrogen and oxygen atoms in total. The molecule has 0 radical (unpaired) electrons. The number of thiophene rings is 1. The van der Waals surface area contributed by atoms with Crippen molar-refractivity contribution in [1.29, 1.82) is 0 Å². The Balaban J connectivity index is 1.87. The first-order valence-electron chi connectivity index (χ1n) is 10.1. The van der Waals surface area contributed by atoms with E-state index in [9.17, 15) is 27.6 Å². The lowest BCUT2D eigenvalue weighted by atomic mass is 10.2. The Hall–Kier alpha value is -3.26. The van der Waals surface area contributed by atoms with Crippen LogP contribution in [0.1, 0.15) is 33.3 Å². The highest BCUT2D eigenvalue weighted by atomic mass is 127. The van der Waals surface area contributed by atoms with Gasteiger partial charge in [-0.3, -0.25) is 9.59 Å². The number of hydrogen-bond donors (Lipinski definition) is 1. The highest BCUT2D eigenvalue weighted by molar-refractivity contribution is 14.1. The Morgan fingerprint density at radius 2 is 1.83 bits per heavy atom. The molecule has 0 saturated carbocycles. The summed E-state index contributed by atoms with van der Waals surface area (Å²) in [5, 5.41) is 8.62. The molecule has 1 amide bonds. The van der Waals surface area contributed by atoms with E-state index in [1.54, 1.807) is 31.2 Å². The molecule has 180 valence electrons. The third kappa shape index (κ3) is 4.93. The largest absolute Gasteiger partial charge is 0.461 e. The number of ether oxygens (including phenoxy) is 1. The van der Waals surface area contributed by atoms with Crippen molar-refractivity contribution in [3.8, 4) is 5.69 Å². The van der Waals surface area contributed by atoms with Crippen molar-refractivity contribution in [1.82, 2.24) is 9.78 Å². The van der Waals surface area contributed by atoms with Gasteiger partial charge in [-0.25, -0.2) is 4.79 Å². The number of aromatic nitrogens is 2. The van der Waals surface area contributed by atoms with E-state index in [1.165, 1.54) is 5.38 Å². The summed E-state index contributed by atoms with van der Waals surface area (Å²) in [6, 6.07) is 10.6. The van der Waals surface area contributed by atoms with Crippen molar-refractivity contribution in [2.45, 2.75) is 13.1 Å². The highest BCUT2D eigenvalue weighted by Gasteiger charge is 2.30. The maximum Gasteiger partial charge on any atom is 0.416 e. The quantitative estimate of drug-likeness (QED) is 0.237. The van der Waals surface area contributed by atoms with Crippen LogP contribution in [0.4, 0.5) is 18.2 Å². The lowest BCUT2D eigenvalue weighted by Gasteiger charge is -2.11. The second kappa shape index (κ2) is 9.77. The number of carbonyl (C=O) groups is 2. The number of esters is 1. The number of anilines is 1. The van der Waals surface area contributed by atoms with Crippen LogP contribution in [0.25, 0.3) is 16.5 Å². The van der Waals surface area contributed by atoms with Gasteiger partial charge < -0.3 is 10.1 Å². The average molecular weight is 613 g/mol. The number of nitrogens with one attached hydrogen (secondary N) is 1. The molecule has 0 aliphatic rings. The first kappa shape index (κ1) is 24.9. The SMILES string of the molecule is CCOC(=O)c1nn(-c2ccc(C(F)(F)F)cc2)c(=O)c2c(NC(=O)c3ccccc3I)scc12. The van der Waals surface area contributed by atoms with E-state index < -0.39 is 29.2 Å². The van der Waals surface area contributed by atoms with Crippen molar-refractivity contribution in [3.63, 3.8) is 0 Å². The summed E-state index contributed by atoms with van der Waals surface area (Å²) in [4.78, 5) is 38.9. The predicted molar refractivity (Wildman–Crippen MR) is 133 cm³/mol. The van der Waals surface area contributed by atoms with Crippen LogP contribution in [0.15, 0.2) is 58.7 Å². The third-order valence-electron chi connectivity index (χ3n) is 4.91. The molecule has 2 heterocycles. The van der Waals surface area contributed by atoms with E-state index >= 15 is 0 Å². The number of amides is 1. The minimum Gasteiger partial charge on any atom is -0.461 e. The van der Waals surface area contributed by atoms with Gasteiger partial charge in [0.2, 0.25) is 0 Å². The number of carbonyl (C=O) groups excluding carboxylic acids is 2. The van der Waals surface area contributed by atoms with Crippen molar-refractivity contribution in [2.75, 3.05) is 11.9 Å². The molecule has 0 aliphatic carbocycles. The van der Waals surface area contributed by atoms with Gasteiger partial charge >= 0.3 is 12.1 Å². The number of halogens is 4. The van der Waals surface area contributed by atoms with E-state index in [2.05, 4.69) is 10.4 Å². The van der Waals surface area contributed by atoms with Gasteiger partial charge in [0.15, 0.2) is 5.69 Å². The molecule has 12 heteroatoms. The van der Waals surface area contributed by atoms with Crippen molar-refractivity contribution < 1.29 is 27.5 Å². The number of fused-ring (bicyclic) bond motifs is 1. The third-order valence-corrected chi connectivity index (χ3v) is 6.74. The fourth-order valence-electron chi connectivity index (χ4n) is 3.27. The zero-order chi connectivity index (χ0) is 25.3. The van der Waals surface area contributed by atoms with E-state index in [1.807, 2.05) is 22.6 Å². The van der Waals surface area contributed by atoms with Crippen molar-refractivity contribution in [3.05, 3.63) is 84.7 Å². The van der Waals surface area contributed by atoms with Crippen LogP contribution in [0, 0.1) is 3.57 Å². The summed E-state index contributed by atoms with van der Waals surface area (Å²) in [6.45, 7) is 1.64. The van der Waals surface area contributed by atoms with Gasteiger partial charge in [0.05, 0.1) is 28.8 Å². The van der Waals surface area contributed by atoms with Crippen LogP contribution >= 0.6 is 33.9 Å². The smallest absolute Gasteiger partial charge is 0.416 e. The predicted octanol–water partition coefficient (Wildman–Crippen LogP) is 5.50. The van der Waals surface area contributed by atoms with Crippen LogP contribution in [-0.4, -0.2) is 28.3 Å². The molecule has 2 aromatic carbocycles. The second-order valence-electron chi connectivity index (χ2n) is 7.12. The molecule has 0 saturated heterocycles. The van der Waals surface area contributed by atoms with Crippen LogP contribution < -0.4 is 10.9 Å². The lowest BCUT2D eigenvalue weighted by molar-refractivity contribution is -0.137. The minimum atomic E-state index is -4.56. The molecule has 35 heavy (non-hydrogen) atoms. The number of hydrogen-bond acceptors (Lipinski definition) is 6. The summed E-state index contributed by atoms with van der Waals surface area (Å²) in [5.41, 5.74) is -1.42. The van der Waals surface area contributed by atoms with Gasteiger partial charge in [-0.05, 0) is 65.9 Å². The Kier molecular flexibility index (Phi) is 6.94. The maximum atomic E-state index is 13.4. The molecule has 0 aliphatic heterocycles. The van der Waals surface area contributed by atoms with Crippen molar-refractivity contribution in [2.24, 2.45) is 0 Å². The first-order chi connectivity index (χ1) is 16.6. The van der Waals surface area contributed by atoms with Crippen LogP contribution in [0.2, 0.25) is 0 Å². The Morgan fingerprint density at radius 3 is 2.46 bits per heavy atom. The summed E-state index contributed by atoms with van der Waals surface area (Å²) < 4.78 is 45.5. The summed E-state index contributed by atoms with van der Waals surface area (Å²) in [7, 11) is 0. The Bertz CT molecular complexity index is 1500. The number of rotatable bonds is 5. The molecule has 1 N–H and O–H groups in total. The fraction of sp³-hybridized carbons (Fsp3) is 0.130. The average Bonchev–Trinajstić information content (AvgIpc) is 3.23. The van der Waals surface area contributed by atoms with Gasteiger partial charge in [0.1, 0.15) is 5.00 Å². The van der Waals surface area contributed by atoms with Crippen LogP contribution in [-0.2, 0) is 10.9 Å². The van der Waals surface area contributed by atoms with E-state index in [-0.39, 0.29) is 33.8 Å². The fourth-order valence-corrected chi connectivity index (χ4v) is 4.84. The zero-order valence-corrected chi connectivity index (χ0v) is 20.8. The summed E-state index contributed by atoms with van der Waals surface area (Å²) in [5.74, 6) is -1.28. The zero-order valence-electron chi connectivity index (χ0n) is 17.9. The van der Waals surface area contributed by atoms with Gasteiger partial charge in [-0.1, -0.05) is 12.1 Å². The molecule has 0 atom stereocenters. The van der Waals surface area contributed by atoms with Gasteiger partial charge in [0.25, 0.3) is 11.5 Å². The standard InChI is InChI=1S/C23H15F3IN3O4S/c1-2-34-22(33)18-15-11-35-20(28-19(31)14-5-3-4-6-16(14)27)17(15)21(32)30(29-18)13-9-7-12(8-10-13)23(24,25)26/h3-11H,2H2,1H3,(H,28,31). The van der Waals surface area contributed by atoms with Gasteiger partial charge in [-0.2, -0.15) is 23.0 Å².